The van der Waals surface area contributed by atoms with Gasteiger partial charge in [0.25, 0.3) is 0 Å². The highest BCUT2D eigenvalue weighted by atomic mass is 19.1. The molecule has 0 fully saturated rings. The Labute approximate surface area is 109 Å². The van der Waals surface area contributed by atoms with Gasteiger partial charge >= 0.3 is 0 Å². The van der Waals surface area contributed by atoms with Gasteiger partial charge in [-0.25, -0.2) is 4.39 Å². The molecule has 1 aromatic rings. The van der Waals surface area contributed by atoms with Gasteiger partial charge in [-0.2, -0.15) is 0 Å². The molecule has 18 heavy (non-hydrogen) atoms. The molecule has 1 aromatic carbocycles. The van der Waals surface area contributed by atoms with E-state index in [0.29, 0.717) is 11.1 Å². The van der Waals surface area contributed by atoms with Crippen LogP contribution in [0.25, 0.3) is 0 Å². The van der Waals surface area contributed by atoms with Crippen LogP contribution in [0.5, 0.6) is 0 Å². The van der Waals surface area contributed by atoms with Crippen molar-refractivity contribution in [2.75, 3.05) is 18.5 Å². The fourth-order valence-electron chi connectivity index (χ4n) is 1.94. The first kappa shape index (κ1) is 14.7. The summed E-state index contributed by atoms with van der Waals surface area (Å²) in [6.07, 6.45) is 3.17. The molecule has 0 aromatic heterocycles. The standard InChI is InChI=1S/C15H22FNO/c1-5-6-7-8-17(4)15-9-11(2)14(16)10-13(15)12(3)18/h5,9-10,12,18H,1,6-8H2,2-4H3/t12-/m0/s1. The van der Waals surface area contributed by atoms with E-state index in [2.05, 4.69) is 11.5 Å². The van der Waals surface area contributed by atoms with Crippen LogP contribution < -0.4 is 4.90 Å². The van der Waals surface area contributed by atoms with Crippen LogP contribution in [0.3, 0.4) is 0 Å². The largest absolute Gasteiger partial charge is 0.389 e. The van der Waals surface area contributed by atoms with Gasteiger partial charge in [0.2, 0.25) is 0 Å². The summed E-state index contributed by atoms with van der Waals surface area (Å²) in [4.78, 5) is 2.05. The molecule has 0 unspecified atom stereocenters. The molecular formula is C15H22FNO. The third-order valence-corrected chi connectivity index (χ3v) is 3.07. The maximum Gasteiger partial charge on any atom is 0.126 e. The molecule has 0 aliphatic carbocycles. The zero-order valence-electron chi connectivity index (χ0n) is 11.4. The number of aliphatic hydroxyl groups is 1. The van der Waals surface area contributed by atoms with Crippen molar-refractivity contribution < 1.29 is 9.50 Å². The van der Waals surface area contributed by atoms with Gasteiger partial charge in [0.15, 0.2) is 0 Å². The lowest BCUT2D eigenvalue weighted by atomic mass is 10.0. The number of aryl methyl sites for hydroxylation is 1. The highest BCUT2D eigenvalue weighted by Gasteiger charge is 2.14. The van der Waals surface area contributed by atoms with Crippen molar-refractivity contribution in [1.29, 1.82) is 0 Å². The van der Waals surface area contributed by atoms with E-state index < -0.39 is 6.10 Å². The number of allylic oxidation sites excluding steroid dienone is 1. The predicted octanol–water partition coefficient (Wildman–Crippen LogP) is 3.59. The van der Waals surface area contributed by atoms with E-state index >= 15 is 0 Å². The van der Waals surface area contributed by atoms with E-state index in [9.17, 15) is 9.50 Å². The lowest BCUT2D eigenvalue weighted by Gasteiger charge is -2.24. The number of rotatable bonds is 6. The molecule has 0 bridgehead atoms. The van der Waals surface area contributed by atoms with E-state index in [1.54, 1.807) is 19.9 Å². The van der Waals surface area contributed by atoms with Crippen molar-refractivity contribution in [2.24, 2.45) is 0 Å². The van der Waals surface area contributed by atoms with E-state index in [1.165, 1.54) is 6.07 Å². The van der Waals surface area contributed by atoms with Crippen LogP contribution in [0.2, 0.25) is 0 Å². The van der Waals surface area contributed by atoms with Crippen LogP contribution in [0.1, 0.15) is 37.0 Å². The van der Waals surface area contributed by atoms with E-state index in [0.717, 1.165) is 25.1 Å². The maximum atomic E-state index is 13.5. The van der Waals surface area contributed by atoms with Gasteiger partial charge < -0.3 is 10.0 Å². The number of hydrogen-bond donors (Lipinski definition) is 1. The second kappa shape index (κ2) is 6.55. The van der Waals surface area contributed by atoms with Gasteiger partial charge in [0, 0.05) is 24.8 Å². The second-order valence-electron chi connectivity index (χ2n) is 4.69. The lowest BCUT2D eigenvalue weighted by Crippen LogP contribution is -2.21. The molecule has 1 N–H and O–H groups in total. The average Bonchev–Trinajstić information content (AvgIpc) is 2.32. The number of hydrogen-bond acceptors (Lipinski definition) is 2. The van der Waals surface area contributed by atoms with Crippen LogP contribution >= 0.6 is 0 Å². The van der Waals surface area contributed by atoms with E-state index in [-0.39, 0.29) is 5.82 Å². The summed E-state index contributed by atoms with van der Waals surface area (Å²) in [6.45, 7) is 7.95. The number of halogens is 1. The minimum Gasteiger partial charge on any atom is -0.389 e. The van der Waals surface area contributed by atoms with Gasteiger partial charge in [-0.05, 0) is 44.4 Å². The van der Waals surface area contributed by atoms with E-state index in [1.807, 2.05) is 13.1 Å². The van der Waals surface area contributed by atoms with Crippen molar-refractivity contribution >= 4 is 5.69 Å². The third kappa shape index (κ3) is 3.57. The average molecular weight is 251 g/mol. The topological polar surface area (TPSA) is 23.5 Å². The van der Waals surface area contributed by atoms with Crippen molar-refractivity contribution in [1.82, 2.24) is 0 Å². The highest BCUT2D eigenvalue weighted by Crippen LogP contribution is 2.28. The Morgan fingerprint density at radius 1 is 1.50 bits per heavy atom. The summed E-state index contributed by atoms with van der Waals surface area (Å²) < 4.78 is 13.5. The Morgan fingerprint density at radius 3 is 2.72 bits per heavy atom. The molecule has 0 spiro atoms. The number of anilines is 1. The summed E-state index contributed by atoms with van der Waals surface area (Å²) >= 11 is 0. The summed E-state index contributed by atoms with van der Waals surface area (Å²) in [5.41, 5.74) is 2.14. The molecule has 2 nitrogen and oxygen atoms in total. The Morgan fingerprint density at radius 2 is 2.17 bits per heavy atom. The number of unbranched alkanes of at least 4 members (excludes halogenated alkanes) is 1. The minimum atomic E-state index is -0.669. The Hall–Kier alpha value is -1.35. The molecule has 0 amide bonds. The molecule has 0 heterocycles. The van der Waals surface area contributed by atoms with Crippen molar-refractivity contribution in [3.63, 3.8) is 0 Å². The van der Waals surface area contributed by atoms with Crippen LogP contribution in [0.4, 0.5) is 10.1 Å². The van der Waals surface area contributed by atoms with Crippen LogP contribution in [0.15, 0.2) is 24.8 Å². The van der Waals surface area contributed by atoms with Gasteiger partial charge in [0.05, 0.1) is 6.10 Å². The van der Waals surface area contributed by atoms with Crippen LogP contribution in [-0.2, 0) is 0 Å². The van der Waals surface area contributed by atoms with Crippen LogP contribution in [0, 0.1) is 12.7 Å². The van der Waals surface area contributed by atoms with Crippen molar-refractivity contribution in [3.05, 3.63) is 41.7 Å². The van der Waals surface area contributed by atoms with Crippen molar-refractivity contribution in [2.45, 2.75) is 32.8 Å². The monoisotopic (exact) mass is 251 g/mol. The first-order valence-corrected chi connectivity index (χ1v) is 6.27. The molecule has 1 atom stereocenters. The zero-order chi connectivity index (χ0) is 13.7. The quantitative estimate of drug-likeness (QED) is 0.617. The first-order valence-electron chi connectivity index (χ1n) is 6.27. The fourth-order valence-corrected chi connectivity index (χ4v) is 1.94. The predicted molar refractivity (Wildman–Crippen MR) is 74.5 cm³/mol. The second-order valence-corrected chi connectivity index (χ2v) is 4.69. The maximum absolute atomic E-state index is 13.5. The number of nitrogens with zero attached hydrogens (tertiary/aromatic N) is 1. The van der Waals surface area contributed by atoms with Gasteiger partial charge in [-0.15, -0.1) is 6.58 Å². The third-order valence-electron chi connectivity index (χ3n) is 3.07. The van der Waals surface area contributed by atoms with Gasteiger partial charge in [-0.1, -0.05) is 6.08 Å². The first-order chi connectivity index (χ1) is 8.47. The van der Waals surface area contributed by atoms with Crippen LogP contribution in [-0.4, -0.2) is 18.7 Å². The van der Waals surface area contributed by atoms with Crippen molar-refractivity contribution in [3.8, 4) is 0 Å². The number of aliphatic hydroxyl groups excluding tert-OH is 1. The molecule has 0 saturated carbocycles. The molecule has 100 valence electrons. The molecule has 0 aliphatic rings. The smallest absolute Gasteiger partial charge is 0.126 e. The lowest BCUT2D eigenvalue weighted by molar-refractivity contribution is 0.199. The normalized spacial score (nSPS) is 12.3. The SMILES string of the molecule is C=CCCCN(C)c1cc(C)c(F)cc1[C@H](C)O. The molecule has 0 aliphatic heterocycles. The highest BCUT2D eigenvalue weighted by molar-refractivity contribution is 5.56. The summed E-state index contributed by atoms with van der Waals surface area (Å²) in [7, 11) is 1.96. The summed E-state index contributed by atoms with van der Waals surface area (Å²) in [5.74, 6) is -0.269. The Bertz CT molecular complexity index is 415. The Kier molecular flexibility index (Phi) is 5.35. The Balaban J connectivity index is 2.98. The molecule has 1 rings (SSSR count). The summed E-state index contributed by atoms with van der Waals surface area (Å²) in [6, 6.07) is 3.23. The van der Waals surface area contributed by atoms with Gasteiger partial charge in [-0.3, -0.25) is 0 Å². The fraction of sp³-hybridized carbons (Fsp3) is 0.467. The molecule has 0 radical (unpaired) electrons. The summed E-state index contributed by atoms with van der Waals surface area (Å²) in [5, 5.41) is 9.73. The minimum absolute atomic E-state index is 0.269. The molecule has 3 heteroatoms. The molecule has 0 saturated heterocycles. The van der Waals surface area contributed by atoms with Gasteiger partial charge in [0.1, 0.15) is 5.82 Å². The van der Waals surface area contributed by atoms with E-state index in [4.69, 9.17) is 0 Å². The zero-order valence-corrected chi connectivity index (χ0v) is 11.4. The molecular weight excluding hydrogens is 229 g/mol. The number of benzene rings is 1.